The summed E-state index contributed by atoms with van der Waals surface area (Å²) in [5, 5.41) is 1.05. The van der Waals surface area contributed by atoms with Gasteiger partial charge in [-0.15, -0.1) is 0 Å². The minimum atomic E-state index is -4.32. The fraction of sp³-hybridized carbons (Fsp3) is 0.333. The Morgan fingerprint density at radius 3 is 2.37 bits per heavy atom. The zero-order valence-corrected chi connectivity index (χ0v) is 15.7. The van der Waals surface area contributed by atoms with E-state index in [-0.39, 0.29) is 6.61 Å². The average Bonchev–Trinajstić information content (AvgIpc) is 3.04. The first-order chi connectivity index (χ1) is 12.8. The molecule has 0 aliphatic rings. The Labute approximate surface area is 156 Å². The lowest BCUT2D eigenvalue weighted by Crippen LogP contribution is -2.14. The van der Waals surface area contributed by atoms with Crippen LogP contribution in [0.4, 0.5) is 13.2 Å². The Bertz CT molecular complexity index is 912. The lowest BCUT2D eigenvalue weighted by atomic mass is 10.1. The molecule has 0 atom stereocenters. The number of aromatic amines is 1. The van der Waals surface area contributed by atoms with Crippen LogP contribution in [-0.2, 0) is 19.2 Å². The molecular weight excluding hydrogens is 353 g/mol. The number of nitrogens with one attached hydrogen (secondary N) is 1. The van der Waals surface area contributed by atoms with E-state index in [0.717, 1.165) is 47.3 Å². The van der Waals surface area contributed by atoms with Gasteiger partial charge in [0.05, 0.1) is 11.1 Å². The van der Waals surface area contributed by atoms with E-state index in [9.17, 15) is 13.2 Å². The van der Waals surface area contributed by atoms with Gasteiger partial charge in [0.2, 0.25) is 0 Å². The van der Waals surface area contributed by atoms with Crippen LogP contribution in [0.1, 0.15) is 22.3 Å². The lowest BCUT2D eigenvalue weighted by molar-refractivity contribution is -0.137. The molecule has 0 saturated carbocycles. The van der Waals surface area contributed by atoms with Gasteiger partial charge in [-0.05, 0) is 62.3 Å². The molecule has 0 aliphatic heterocycles. The van der Waals surface area contributed by atoms with Gasteiger partial charge >= 0.3 is 6.18 Å². The quantitative estimate of drug-likeness (QED) is 0.642. The zero-order chi connectivity index (χ0) is 19.6. The van der Waals surface area contributed by atoms with Crippen molar-refractivity contribution in [1.82, 2.24) is 9.88 Å². The highest BCUT2D eigenvalue weighted by atomic mass is 19.4. The topological polar surface area (TPSA) is 28.3 Å². The number of nitrogens with zero attached hydrogens (tertiary/aromatic N) is 1. The van der Waals surface area contributed by atoms with Crippen molar-refractivity contribution in [3.8, 4) is 5.75 Å². The fourth-order valence-corrected chi connectivity index (χ4v) is 3.04. The number of hydrogen-bond donors (Lipinski definition) is 1. The summed E-state index contributed by atoms with van der Waals surface area (Å²) in [6.07, 6.45) is -1.44. The standard InChI is InChI=1S/C21H23F3N2O/c1-14-4-9-18(19-16(10-11-26(2)3)12-25-20(14)19)27-13-15-5-7-17(8-6-15)21(22,23)24/h4-9,12,25H,10-11,13H2,1-3H3. The number of fused-ring (bicyclic) bond motifs is 1. The number of benzene rings is 2. The molecule has 3 nitrogen and oxygen atoms in total. The predicted octanol–water partition coefficient (Wildman–Crippen LogP) is 5.18. The maximum Gasteiger partial charge on any atom is 0.416 e. The Morgan fingerprint density at radius 2 is 1.74 bits per heavy atom. The third-order valence-corrected chi connectivity index (χ3v) is 4.59. The van der Waals surface area contributed by atoms with Crippen molar-refractivity contribution in [1.29, 1.82) is 0 Å². The summed E-state index contributed by atoms with van der Waals surface area (Å²) in [7, 11) is 4.06. The molecule has 1 N–H and O–H groups in total. The summed E-state index contributed by atoms with van der Waals surface area (Å²) < 4.78 is 44.0. The second kappa shape index (κ2) is 7.64. The van der Waals surface area contributed by atoms with Gasteiger partial charge in [-0.3, -0.25) is 0 Å². The molecule has 0 unspecified atom stereocenters. The molecule has 0 saturated heterocycles. The molecule has 27 heavy (non-hydrogen) atoms. The molecule has 0 spiro atoms. The van der Waals surface area contributed by atoms with Gasteiger partial charge in [-0.1, -0.05) is 18.2 Å². The predicted molar refractivity (Wildman–Crippen MR) is 101 cm³/mol. The number of ether oxygens (including phenoxy) is 1. The first kappa shape index (κ1) is 19.3. The van der Waals surface area contributed by atoms with E-state index in [1.807, 2.05) is 39.3 Å². The van der Waals surface area contributed by atoms with Gasteiger partial charge < -0.3 is 14.6 Å². The number of halogens is 3. The van der Waals surface area contributed by atoms with Gasteiger partial charge in [-0.2, -0.15) is 13.2 Å². The van der Waals surface area contributed by atoms with Crippen molar-refractivity contribution in [3.05, 3.63) is 64.8 Å². The van der Waals surface area contributed by atoms with Crippen LogP contribution >= 0.6 is 0 Å². The number of aromatic nitrogens is 1. The van der Waals surface area contributed by atoms with E-state index in [1.165, 1.54) is 17.7 Å². The maximum atomic E-state index is 12.7. The van der Waals surface area contributed by atoms with Crippen LogP contribution < -0.4 is 4.74 Å². The van der Waals surface area contributed by atoms with Gasteiger partial charge in [0.1, 0.15) is 12.4 Å². The molecule has 6 heteroatoms. The van der Waals surface area contributed by atoms with Crippen molar-refractivity contribution in [2.24, 2.45) is 0 Å². The van der Waals surface area contributed by atoms with Gasteiger partial charge in [-0.25, -0.2) is 0 Å². The van der Waals surface area contributed by atoms with E-state index in [0.29, 0.717) is 5.56 Å². The van der Waals surface area contributed by atoms with Crippen LogP contribution in [0.2, 0.25) is 0 Å². The zero-order valence-electron chi connectivity index (χ0n) is 15.7. The Kier molecular flexibility index (Phi) is 5.46. The van der Waals surface area contributed by atoms with E-state index in [1.54, 1.807) is 0 Å². The highest BCUT2D eigenvalue weighted by Crippen LogP contribution is 2.33. The van der Waals surface area contributed by atoms with Crippen molar-refractivity contribution in [3.63, 3.8) is 0 Å². The smallest absolute Gasteiger partial charge is 0.416 e. The van der Waals surface area contributed by atoms with Crippen LogP contribution in [0, 0.1) is 6.92 Å². The summed E-state index contributed by atoms with van der Waals surface area (Å²) in [4.78, 5) is 5.44. The normalized spacial score (nSPS) is 12.1. The Hall–Kier alpha value is -2.47. The summed E-state index contributed by atoms with van der Waals surface area (Å²) in [6.45, 7) is 3.17. The minimum Gasteiger partial charge on any atom is -0.488 e. The molecule has 1 heterocycles. The minimum absolute atomic E-state index is 0.217. The van der Waals surface area contributed by atoms with Crippen LogP contribution in [0.25, 0.3) is 10.9 Å². The van der Waals surface area contributed by atoms with E-state index in [2.05, 4.69) is 9.88 Å². The third-order valence-electron chi connectivity index (χ3n) is 4.59. The molecular formula is C21H23F3N2O. The highest BCUT2D eigenvalue weighted by molar-refractivity contribution is 5.91. The number of alkyl halides is 3. The van der Waals surface area contributed by atoms with Gasteiger partial charge in [0, 0.05) is 18.1 Å². The Morgan fingerprint density at radius 1 is 1.04 bits per heavy atom. The summed E-state index contributed by atoms with van der Waals surface area (Å²) in [5.41, 5.74) is 3.38. The molecule has 0 fully saturated rings. The van der Waals surface area contributed by atoms with Gasteiger partial charge in [0.15, 0.2) is 0 Å². The largest absolute Gasteiger partial charge is 0.488 e. The number of hydrogen-bond acceptors (Lipinski definition) is 2. The fourth-order valence-electron chi connectivity index (χ4n) is 3.04. The van der Waals surface area contributed by atoms with Crippen molar-refractivity contribution in [2.45, 2.75) is 26.1 Å². The SMILES string of the molecule is Cc1ccc(OCc2ccc(C(F)(F)F)cc2)c2c(CCN(C)C)c[nH]c12. The first-order valence-corrected chi connectivity index (χ1v) is 8.79. The third kappa shape index (κ3) is 4.45. The molecule has 0 aliphatic carbocycles. The maximum absolute atomic E-state index is 12.7. The molecule has 0 radical (unpaired) electrons. The summed E-state index contributed by atoms with van der Waals surface area (Å²) in [6, 6.07) is 8.99. The van der Waals surface area contributed by atoms with Crippen LogP contribution in [0.5, 0.6) is 5.75 Å². The lowest BCUT2D eigenvalue weighted by Gasteiger charge is -2.13. The van der Waals surface area contributed by atoms with Crippen LogP contribution in [0.15, 0.2) is 42.6 Å². The van der Waals surface area contributed by atoms with E-state index < -0.39 is 11.7 Å². The van der Waals surface area contributed by atoms with Crippen LogP contribution in [-0.4, -0.2) is 30.5 Å². The number of aryl methyl sites for hydroxylation is 1. The Balaban J connectivity index is 1.82. The number of rotatable bonds is 6. The molecule has 3 rings (SSSR count). The number of likely N-dealkylation sites (N-methyl/N-ethyl adjacent to an activating group) is 1. The second-order valence-corrected chi connectivity index (χ2v) is 6.98. The van der Waals surface area contributed by atoms with Crippen LogP contribution in [0.3, 0.4) is 0 Å². The molecule has 1 aromatic heterocycles. The van der Waals surface area contributed by atoms with E-state index in [4.69, 9.17) is 4.74 Å². The number of H-pyrrole nitrogens is 1. The molecule has 144 valence electrons. The average molecular weight is 376 g/mol. The van der Waals surface area contributed by atoms with E-state index >= 15 is 0 Å². The first-order valence-electron chi connectivity index (χ1n) is 8.79. The molecule has 0 bridgehead atoms. The molecule has 3 aromatic rings. The van der Waals surface area contributed by atoms with Crippen molar-refractivity contribution >= 4 is 10.9 Å². The highest BCUT2D eigenvalue weighted by Gasteiger charge is 2.29. The van der Waals surface area contributed by atoms with Gasteiger partial charge in [0.25, 0.3) is 0 Å². The monoisotopic (exact) mass is 376 g/mol. The summed E-state index contributed by atoms with van der Waals surface area (Å²) in [5.74, 6) is 0.741. The van der Waals surface area contributed by atoms with Crippen molar-refractivity contribution in [2.75, 3.05) is 20.6 Å². The molecule has 0 amide bonds. The molecule has 2 aromatic carbocycles. The second-order valence-electron chi connectivity index (χ2n) is 6.98. The summed E-state index contributed by atoms with van der Waals surface area (Å²) >= 11 is 0. The van der Waals surface area contributed by atoms with Crippen molar-refractivity contribution < 1.29 is 17.9 Å².